The number of hydrogen-bond acceptors (Lipinski definition) is 8. The number of hydrogen-bond donors (Lipinski definition) is 6. The van der Waals surface area contributed by atoms with Gasteiger partial charge in [-0.1, -0.05) is 343 Å². The molecular formula is C76H137NO8. The van der Waals surface area contributed by atoms with Gasteiger partial charge >= 0.3 is 0 Å². The third kappa shape index (κ3) is 53.0. The molecule has 1 heterocycles. The lowest BCUT2D eigenvalue weighted by Crippen LogP contribution is -2.60. The summed E-state index contributed by atoms with van der Waals surface area (Å²) in [6, 6.07) is -0.811. The summed E-state index contributed by atoms with van der Waals surface area (Å²) in [5.41, 5.74) is 0. The summed E-state index contributed by atoms with van der Waals surface area (Å²) in [6.07, 6.45) is 85.5. The third-order valence-corrected chi connectivity index (χ3v) is 17.0. The minimum Gasteiger partial charge on any atom is -0.394 e. The molecule has 494 valence electrons. The number of allylic oxidation sites excluding steroid dienone is 13. The Bertz CT molecular complexity index is 1620. The molecule has 1 fully saturated rings. The fourth-order valence-corrected chi connectivity index (χ4v) is 11.3. The summed E-state index contributed by atoms with van der Waals surface area (Å²) < 4.78 is 11.3. The van der Waals surface area contributed by atoms with E-state index in [0.29, 0.717) is 6.42 Å². The monoisotopic (exact) mass is 1190 g/mol. The maximum absolute atomic E-state index is 13.1. The number of ether oxygens (including phenoxy) is 2. The fourth-order valence-electron chi connectivity index (χ4n) is 11.3. The summed E-state index contributed by atoms with van der Waals surface area (Å²) in [5.74, 6) is -0.176. The number of carbonyl (C=O) groups is 1. The van der Waals surface area contributed by atoms with Crippen LogP contribution in [0.2, 0.25) is 0 Å². The maximum atomic E-state index is 13.1. The largest absolute Gasteiger partial charge is 0.394 e. The summed E-state index contributed by atoms with van der Waals surface area (Å²) in [4.78, 5) is 13.1. The van der Waals surface area contributed by atoms with Crippen molar-refractivity contribution in [3.8, 4) is 0 Å². The molecule has 1 aliphatic rings. The third-order valence-electron chi connectivity index (χ3n) is 17.0. The molecule has 0 aliphatic carbocycles. The van der Waals surface area contributed by atoms with Crippen LogP contribution >= 0.6 is 0 Å². The zero-order valence-electron chi connectivity index (χ0n) is 55.4. The van der Waals surface area contributed by atoms with Crippen LogP contribution in [0.5, 0.6) is 0 Å². The fraction of sp³-hybridized carbons (Fsp3) is 0.803. The number of aliphatic hydroxyl groups is 5. The van der Waals surface area contributed by atoms with Gasteiger partial charge in [-0.05, 0) is 70.6 Å². The molecular weight excluding hydrogens is 1050 g/mol. The topological polar surface area (TPSA) is 149 Å². The van der Waals surface area contributed by atoms with Crippen molar-refractivity contribution < 1.29 is 39.8 Å². The maximum Gasteiger partial charge on any atom is 0.220 e. The molecule has 1 rings (SSSR count). The summed E-state index contributed by atoms with van der Waals surface area (Å²) in [7, 11) is 0. The minimum atomic E-state index is -1.57. The number of amides is 1. The van der Waals surface area contributed by atoms with Gasteiger partial charge in [0.1, 0.15) is 24.4 Å². The molecule has 0 spiro atoms. The van der Waals surface area contributed by atoms with Crippen molar-refractivity contribution in [1.29, 1.82) is 0 Å². The van der Waals surface area contributed by atoms with Crippen LogP contribution in [-0.4, -0.2) is 87.5 Å². The first kappa shape index (κ1) is 80.4. The van der Waals surface area contributed by atoms with Gasteiger partial charge in [-0.15, -0.1) is 0 Å². The lowest BCUT2D eigenvalue weighted by molar-refractivity contribution is -0.302. The standard InChI is InChI=1S/C76H137NO8/c1-3-5-7-9-11-13-15-17-19-21-23-25-27-29-31-33-34-35-36-38-40-42-44-46-48-50-52-54-56-58-60-62-64-66-72(80)77-69(68-84-76-75(83)74(82)73(81)71(67-78)85-76)70(79)65-63-61-59-57-55-53-51-49-47-45-43-41-39-37-32-30-28-26-24-22-20-18-16-14-12-10-8-6-4-2/h5,7,11,13,17,19,23,25,29,31,34-35,63,65,69-71,73-76,78-79,81-83H,3-4,6,8-10,12,14-16,18,20-22,24,26-28,30,32-33,36-62,64,66-68H2,1-2H3,(H,77,80)/b7-5-,13-11-,19-17-,25-23-,31-29-,35-34-,65-63+. The van der Waals surface area contributed by atoms with E-state index in [9.17, 15) is 30.3 Å². The molecule has 7 atom stereocenters. The highest BCUT2D eigenvalue weighted by Crippen LogP contribution is 2.23. The van der Waals surface area contributed by atoms with Crippen LogP contribution in [-0.2, 0) is 14.3 Å². The molecule has 85 heavy (non-hydrogen) atoms. The molecule has 0 aromatic heterocycles. The molecule has 6 N–H and O–H groups in total. The number of carbonyl (C=O) groups excluding carboxylic acids is 1. The van der Waals surface area contributed by atoms with Crippen molar-refractivity contribution in [2.45, 2.75) is 378 Å². The van der Waals surface area contributed by atoms with E-state index in [1.807, 2.05) is 6.08 Å². The number of unbranched alkanes of at least 4 members (excludes halogenated alkanes) is 41. The zero-order valence-corrected chi connectivity index (χ0v) is 55.4. The molecule has 9 nitrogen and oxygen atoms in total. The number of nitrogens with one attached hydrogen (secondary N) is 1. The smallest absolute Gasteiger partial charge is 0.220 e. The first-order valence-electron chi connectivity index (χ1n) is 36.3. The first-order chi connectivity index (χ1) is 41.8. The van der Waals surface area contributed by atoms with Gasteiger partial charge < -0.3 is 40.3 Å². The lowest BCUT2D eigenvalue weighted by atomic mass is 9.99. The van der Waals surface area contributed by atoms with E-state index >= 15 is 0 Å². The van der Waals surface area contributed by atoms with Gasteiger partial charge in [0.2, 0.25) is 5.91 Å². The van der Waals surface area contributed by atoms with Crippen LogP contribution in [0.1, 0.15) is 335 Å². The zero-order chi connectivity index (χ0) is 61.4. The Balaban J connectivity index is 2.13. The van der Waals surface area contributed by atoms with Crippen molar-refractivity contribution in [2.24, 2.45) is 0 Å². The SMILES string of the molecule is CC/C=C\C/C=C\C/C=C\C/C=C\C/C=C\C/C=C\CCCCCCCCCCCCCCCCC(=O)NC(COC1OC(CO)C(O)C(O)C1O)C(O)/C=C/CCCCCCCCCCCCCCCCCCCCCCCCCCCCC. The quantitative estimate of drug-likeness (QED) is 0.0261. The van der Waals surface area contributed by atoms with E-state index in [-0.39, 0.29) is 12.5 Å². The molecule has 0 radical (unpaired) electrons. The summed E-state index contributed by atoms with van der Waals surface area (Å²) in [5, 5.41) is 54.8. The van der Waals surface area contributed by atoms with Crippen LogP contribution in [0.25, 0.3) is 0 Å². The average Bonchev–Trinajstić information content (AvgIpc) is 3.68. The Morgan fingerprint density at radius 3 is 1.08 bits per heavy atom. The lowest BCUT2D eigenvalue weighted by Gasteiger charge is -2.40. The molecule has 0 aromatic rings. The van der Waals surface area contributed by atoms with E-state index in [2.05, 4.69) is 92.1 Å². The predicted octanol–water partition coefficient (Wildman–Crippen LogP) is 20.1. The second kappa shape index (κ2) is 64.4. The summed E-state index contributed by atoms with van der Waals surface area (Å²) >= 11 is 0. The van der Waals surface area contributed by atoms with Gasteiger partial charge in [0.15, 0.2) is 6.29 Å². The van der Waals surface area contributed by atoms with Crippen LogP contribution in [0.15, 0.2) is 85.1 Å². The molecule has 0 aromatic carbocycles. The van der Waals surface area contributed by atoms with Crippen molar-refractivity contribution in [1.82, 2.24) is 5.32 Å². The Kier molecular flexibility index (Phi) is 60.9. The molecule has 7 unspecified atom stereocenters. The van der Waals surface area contributed by atoms with Crippen LogP contribution < -0.4 is 5.32 Å². The highest BCUT2D eigenvalue weighted by Gasteiger charge is 2.44. The van der Waals surface area contributed by atoms with Crippen molar-refractivity contribution in [3.63, 3.8) is 0 Å². The predicted molar refractivity (Wildman–Crippen MR) is 364 cm³/mol. The van der Waals surface area contributed by atoms with Gasteiger partial charge in [0.05, 0.1) is 25.4 Å². The molecule has 0 saturated carbocycles. The van der Waals surface area contributed by atoms with Crippen LogP contribution in [0.3, 0.4) is 0 Å². The molecule has 9 heteroatoms. The van der Waals surface area contributed by atoms with E-state index in [4.69, 9.17) is 9.47 Å². The van der Waals surface area contributed by atoms with E-state index < -0.39 is 49.5 Å². The van der Waals surface area contributed by atoms with Crippen molar-refractivity contribution >= 4 is 5.91 Å². The van der Waals surface area contributed by atoms with Crippen molar-refractivity contribution in [3.05, 3.63) is 85.1 Å². The number of rotatable bonds is 63. The number of aliphatic hydroxyl groups excluding tert-OH is 5. The second-order valence-corrected chi connectivity index (χ2v) is 25.0. The molecule has 1 amide bonds. The summed E-state index contributed by atoms with van der Waals surface area (Å²) in [6.45, 7) is 3.70. The van der Waals surface area contributed by atoms with Gasteiger partial charge in [-0.2, -0.15) is 0 Å². The minimum absolute atomic E-state index is 0.176. The van der Waals surface area contributed by atoms with E-state index in [1.165, 1.54) is 238 Å². The van der Waals surface area contributed by atoms with Gasteiger partial charge in [-0.3, -0.25) is 4.79 Å². The second-order valence-electron chi connectivity index (χ2n) is 25.0. The first-order valence-corrected chi connectivity index (χ1v) is 36.3. The average molecular weight is 1190 g/mol. The van der Waals surface area contributed by atoms with Crippen molar-refractivity contribution in [2.75, 3.05) is 13.2 Å². The van der Waals surface area contributed by atoms with Gasteiger partial charge in [0, 0.05) is 6.42 Å². The van der Waals surface area contributed by atoms with Crippen LogP contribution in [0, 0.1) is 0 Å². The Morgan fingerprint density at radius 2 is 0.729 bits per heavy atom. The van der Waals surface area contributed by atoms with Gasteiger partial charge in [-0.25, -0.2) is 0 Å². The Labute approximate surface area is 524 Å². The highest BCUT2D eigenvalue weighted by molar-refractivity contribution is 5.76. The van der Waals surface area contributed by atoms with Crippen LogP contribution in [0.4, 0.5) is 0 Å². The molecule has 0 bridgehead atoms. The molecule has 1 aliphatic heterocycles. The van der Waals surface area contributed by atoms with E-state index in [1.54, 1.807) is 6.08 Å². The Hall–Kier alpha value is -2.63. The normalized spacial score (nSPS) is 18.6. The molecule has 1 saturated heterocycles. The highest BCUT2D eigenvalue weighted by atomic mass is 16.7. The van der Waals surface area contributed by atoms with Gasteiger partial charge in [0.25, 0.3) is 0 Å². The van der Waals surface area contributed by atoms with E-state index in [0.717, 1.165) is 77.0 Å². The Morgan fingerprint density at radius 1 is 0.412 bits per heavy atom.